The molecule has 0 aliphatic heterocycles. The average molecular weight is 274 g/mol. The molecule has 2 N–H and O–H groups in total. The van der Waals surface area contributed by atoms with Gasteiger partial charge >= 0.3 is 5.69 Å². The van der Waals surface area contributed by atoms with Crippen molar-refractivity contribution in [3.05, 3.63) is 56.9 Å². The van der Waals surface area contributed by atoms with Crippen molar-refractivity contribution in [3.8, 4) is 6.07 Å². The predicted molar refractivity (Wildman–Crippen MR) is 73.3 cm³/mol. The van der Waals surface area contributed by atoms with E-state index in [-0.39, 0.29) is 5.56 Å². The van der Waals surface area contributed by atoms with Gasteiger partial charge in [0.1, 0.15) is 11.6 Å². The number of aromatic amines is 1. The Morgan fingerprint density at radius 2 is 2.11 bits per heavy atom. The number of hydrogen-bond donors (Lipinski definition) is 2. The minimum Gasteiger partial charge on any atom is -0.289 e. The molecule has 6 nitrogen and oxygen atoms in total. The molecule has 1 aromatic carbocycles. The fourth-order valence-corrected chi connectivity index (χ4v) is 2.05. The van der Waals surface area contributed by atoms with Gasteiger partial charge in [0.2, 0.25) is 0 Å². The van der Waals surface area contributed by atoms with E-state index in [0.717, 1.165) is 9.57 Å². The van der Waals surface area contributed by atoms with Gasteiger partial charge in [-0.05, 0) is 18.4 Å². The molecule has 0 aliphatic carbocycles. The second-order valence-corrected chi connectivity index (χ2v) is 4.44. The van der Waals surface area contributed by atoms with Gasteiger partial charge in [0.15, 0.2) is 0 Å². The Bertz CT molecular complexity index is 757. The van der Waals surface area contributed by atoms with Crippen molar-refractivity contribution in [1.82, 2.24) is 9.66 Å². The Balaban J connectivity index is 2.47. The summed E-state index contributed by atoms with van der Waals surface area (Å²) in [7, 11) is 0. The molecule has 0 unspecified atom stereocenters. The maximum absolute atomic E-state index is 11.6. The number of aromatic nitrogens is 2. The maximum Gasteiger partial charge on any atom is 0.347 e. The molecule has 0 saturated heterocycles. The molecule has 19 heavy (non-hydrogen) atoms. The molecule has 0 spiro atoms. The predicted octanol–water partition coefficient (Wildman–Crippen LogP) is 1.01. The highest BCUT2D eigenvalue weighted by molar-refractivity contribution is 7.98. The summed E-state index contributed by atoms with van der Waals surface area (Å²) >= 11 is 1.52. The van der Waals surface area contributed by atoms with Gasteiger partial charge in [-0.25, -0.2) is 9.47 Å². The highest BCUT2D eigenvalue weighted by Crippen LogP contribution is 2.24. The van der Waals surface area contributed by atoms with E-state index in [0.29, 0.717) is 5.69 Å². The molecule has 1 heterocycles. The zero-order chi connectivity index (χ0) is 13.8. The van der Waals surface area contributed by atoms with Gasteiger partial charge < -0.3 is 0 Å². The number of hydrogen-bond acceptors (Lipinski definition) is 5. The van der Waals surface area contributed by atoms with Crippen LogP contribution < -0.4 is 16.7 Å². The lowest BCUT2D eigenvalue weighted by molar-refractivity contribution is 0.822. The lowest BCUT2D eigenvalue weighted by Crippen LogP contribution is -2.34. The Hall–Kier alpha value is -2.46. The Morgan fingerprint density at radius 3 is 2.79 bits per heavy atom. The first-order chi connectivity index (χ1) is 9.15. The van der Waals surface area contributed by atoms with E-state index < -0.39 is 11.2 Å². The monoisotopic (exact) mass is 274 g/mol. The average Bonchev–Trinajstić information content (AvgIpc) is 2.42. The lowest BCUT2D eigenvalue weighted by atomic mass is 10.3. The number of thioether (sulfide) groups is 1. The number of nitrogens with zero attached hydrogens (tertiary/aromatic N) is 2. The van der Waals surface area contributed by atoms with E-state index in [1.54, 1.807) is 12.1 Å². The normalized spacial score (nSPS) is 9.89. The van der Waals surface area contributed by atoms with Crippen molar-refractivity contribution < 1.29 is 0 Å². The molecular formula is C12H10N4O2S. The SMILES string of the molecule is CSc1ccccc1Nn1cc(C#N)c(=O)[nH]c1=O. The summed E-state index contributed by atoms with van der Waals surface area (Å²) in [6.07, 6.45) is 3.09. The summed E-state index contributed by atoms with van der Waals surface area (Å²) in [5.74, 6) is 0. The molecule has 2 rings (SSSR count). The Kier molecular flexibility index (Phi) is 3.73. The zero-order valence-electron chi connectivity index (χ0n) is 10.0. The van der Waals surface area contributed by atoms with Crippen molar-refractivity contribution in [2.75, 3.05) is 11.7 Å². The van der Waals surface area contributed by atoms with Crippen molar-refractivity contribution >= 4 is 17.4 Å². The van der Waals surface area contributed by atoms with E-state index in [1.165, 1.54) is 18.0 Å². The number of H-pyrrole nitrogens is 1. The molecule has 0 atom stereocenters. The molecule has 0 radical (unpaired) electrons. The van der Waals surface area contributed by atoms with Gasteiger partial charge in [0, 0.05) is 4.90 Å². The van der Waals surface area contributed by atoms with Gasteiger partial charge in [-0.3, -0.25) is 15.2 Å². The van der Waals surface area contributed by atoms with Crippen LogP contribution in [0.25, 0.3) is 0 Å². The first-order valence-electron chi connectivity index (χ1n) is 5.32. The van der Waals surface area contributed by atoms with Gasteiger partial charge in [0.25, 0.3) is 5.56 Å². The first kappa shape index (κ1) is 13.0. The second-order valence-electron chi connectivity index (χ2n) is 3.60. The number of nitrogens with one attached hydrogen (secondary N) is 2. The maximum atomic E-state index is 11.6. The number of anilines is 1. The fraction of sp³-hybridized carbons (Fsp3) is 0.0833. The topological polar surface area (TPSA) is 90.7 Å². The molecule has 1 aromatic heterocycles. The van der Waals surface area contributed by atoms with Crippen molar-refractivity contribution in [1.29, 1.82) is 5.26 Å². The van der Waals surface area contributed by atoms with Crippen LogP contribution in [-0.4, -0.2) is 15.9 Å². The first-order valence-corrected chi connectivity index (χ1v) is 6.54. The van der Waals surface area contributed by atoms with E-state index >= 15 is 0 Å². The molecule has 7 heteroatoms. The highest BCUT2D eigenvalue weighted by Gasteiger charge is 2.05. The summed E-state index contributed by atoms with van der Waals surface area (Å²) in [5.41, 5.74) is 2.12. The van der Waals surface area contributed by atoms with E-state index in [4.69, 9.17) is 5.26 Å². The molecule has 2 aromatic rings. The zero-order valence-corrected chi connectivity index (χ0v) is 10.8. The Morgan fingerprint density at radius 1 is 1.37 bits per heavy atom. The largest absolute Gasteiger partial charge is 0.347 e. The summed E-state index contributed by atoms with van der Waals surface area (Å²) in [6, 6.07) is 9.13. The molecule has 0 amide bonds. The van der Waals surface area contributed by atoms with Crippen LogP contribution in [0.15, 0.2) is 44.9 Å². The van der Waals surface area contributed by atoms with Crippen LogP contribution in [0.2, 0.25) is 0 Å². The number of benzene rings is 1. The smallest absolute Gasteiger partial charge is 0.289 e. The summed E-state index contributed by atoms with van der Waals surface area (Å²) in [6.45, 7) is 0. The molecule has 96 valence electrons. The van der Waals surface area contributed by atoms with Crippen LogP contribution in [0, 0.1) is 11.3 Å². The quantitative estimate of drug-likeness (QED) is 0.815. The van der Waals surface area contributed by atoms with Gasteiger partial charge in [-0.1, -0.05) is 12.1 Å². The van der Waals surface area contributed by atoms with Crippen molar-refractivity contribution in [3.63, 3.8) is 0 Å². The third-order valence-electron chi connectivity index (χ3n) is 2.41. The van der Waals surface area contributed by atoms with Crippen molar-refractivity contribution in [2.24, 2.45) is 0 Å². The standard InChI is InChI=1S/C12H10N4O2S/c1-19-10-5-3-2-4-9(10)15-16-7-8(6-13)11(17)14-12(16)18/h2-5,7,15H,1H3,(H,14,17,18). The van der Waals surface area contributed by atoms with Crippen LogP contribution >= 0.6 is 11.8 Å². The summed E-state index contributed by atoms with van der Waals surface area (Å²) in [5, 5.41) is 8.78. The van der Waals surface area contributed by atoms with Crippen molar-refractivity contribution in [2.45, 2.75) is 4.90 Å². The molecular weight excluding hydrogens is 264 g/mol. The van der Waals surface area contributed by atoms with Crippen LogP contribution in [0.3, 0.4) is 0 Å². The molecule has 0 bridgehead atoms. The van der Waals surface area contributed by atoms with Crippen LogP contribution in [-0.2, 0) is 0 Å². The number of rotatable bonds is 3. The molecule has 0 aliphatic rings. The van der Waals surface area contributed by atoms with Gasteiger partial charge in [-0.2, -0.15) is 5.26 Å². The Labute approximate surface area is 112 Å². The van der Waals surface area contributed by atoms with Gasteiger partial charge in [0.05, 0.1) is 11.9 Å². The third kappa shape index (κ3) is 2.69. The second kappa shape index (κ2) is 5.46. The van der Waals surface area contributed by atoms with Gasteiger partial charge in [-0.15, -0.1) is 11.8 Å². The highest BCUT2D eigenvalue weighted by atomic mass is 32.2. The van der Waals surface area contributed by atoms with E-state index in [9.17, 15) is 9.59 Å². The summed E-state index contributed by atoms with van der Waals surface area (Å²) < 4.78 is 1.08. The van der Waals surface area contributed by atoms with E-state index in [1.807, 2.05) is 24.5 Å². The fourth-order valence-electron chi connectivity index (χ4n) is 1.50. The number of para-hydroxylation sites is 1. The number of nitriles is 1. The minimum atomic E-state index is -0.691. The van der Waals surface area contributed by atoms with Crippen LogP contribution in [0.1, 0.15) is 5.56 Å². The van der Waals surface area contributed by atoms with Crippen LogP contribution in [0.4, 0.5) is 5.69 Å². The molecule has 0 fully saturated rings. The van der Waals surface area contributed by atoms with E-state index in [2.05, 4.69) is 10.4 Å². The van der Waals surface area contributed by atoms with Crippen LogP contribution in [0.5, 0.6) is 0 Å². The minimum absolute atomic E-state index is 0.131. The molecule has 0 saturated carbocycles. The lowest BCUT2D eigenvalue weighted by Gasteiger charge is -2.11. The third-order valence-corrected chi connectivity index (χ3v) is 3.21. The summed E-state index contributed by atoms with van der Waals surface area (Å²) in [4.78, 5) is 25.9.